The van der Waals surface area contributed by atoms with Gasteiger partial charge in [0.25, 0.3) is 5.91 Å². The molecule has 0 heterocycles. The zero-order chi connectivity index (χ0) is 19.2. The number of carbonyl (C=O) groups is 3. The maximum absolute atomic E-state index is 12.3. The second kappa shape index (κ2) is 8.43. The summed E-state index contributed by atoms with van der Waals surface area (Å²) >= 11 is 0. The molecule has 0 saturated carbocycles. The minimum Gasteiger partial charge on any atom is -0.452 e. The van der Waals surface area contributed by atoms with Crippen LogP contribution in [0.25, 0.3) is 0 Å². The van der Waals surface area contributed by atoms with Crippen LogP contribution in [0, 0.1) is 0 Å². The lowest BCUT2D eigenvalue weighted by Crippen LogP contribution is -2.44. The molecule has 2 rings (SSSR count). The van der Waals surface area contributed by atoms with E-state index in [-0.39, 0.29) is 29.4 Å². The predicted molar refractivity (Wildman–Crippen MR) is 99.1 cm³/mol. The minimum atomic E-state index is -0.604. The largest absolute Gasteiger partial charge is 0.452 e. The van der Waals surface area contributed by atoms with Gasteiger partial charge in [-0.1, -0.05) is 49.4 Å². The Labute approximate surface area is 153 Å². The quantitative estimate of drug-likeness (QED) is 0.612. The monoisotopic (exact) mass is 353 g/mol. The molecule has 0 fully saturated rings. The van der Waals surface area contributed by atoms with Crippen LogP contribution < -0.4 is 5.32 Å². The highest BCUT2D eigenvalue weighted by molar-refractivity contribution is 6.09. The summed E-state index contributed by atoms with van der Waals surface area (Å²) in [7, 11) is 0. The second-order valence-corrected chi connectivity index (χ2v) is 6.63. The fraction of sp³-hybridized carbons (Fsp3) is 0.286. The van der Waals surface area contributed by atoms with Crippen LogP contribution in [-0.4, -0.2) is 29.8 Å². The van der Waals surface area contributed by atoms with Crippen LogP contribution in [0.1, 0.15) is 53.5 Å². The summed E-state index contributed by atoms with van der Waals surface area (Å²) in [5.74, 6) is -1.07. The Morgan fingerprint density at radius 2 is 1.42 bits per heavy atom. The Kier molecular flexibility index (Phi) is 6.28. The first-order chi connectivity index (χ1) is 12.3. The van der Waals surface area contributed by atoms with Gasteiger partial charge in [-0.3, -0.25) is 9.59 Å². The average Bonchev–Trinajstić information content (AvgIpc) is 2.66. The van der Waals surface area contributed by atoms with Crippen LogP contribution in [0.2, 0.25) is 0 Å². The molecule has 0 aromatic heterocycles. The van der Waals surface area contributed by atoms with Gasteiger partial charge in [0.15, 0.2) is 12.4 Å². The molecule has 0 saturated heterocycles. The van der Waals surface area contributed by atoms with Gasteiger partial charge in [0.2, 0.25) is 0 Å². The van der Waals surface area contributed by atoms with Gasteiger partial charge >= 0.3 is 5.97 Å². The van der Waals surface area contributed by atoms with Crippen molar-refractivity contribution in [3.05, 3.63) is 71.3 Å². The van der Waals surface area contributed by atoms with Crippen LogP contribution in [-0.2, 0) is 9.53 Å². The molecule has 136 valence electrons. The van der Waals surface area contributed by atoms with Crippen molar-refractivity contribution in [3.8, 4) is 0 Å². The first-order valence-corrected chi connectivity index (χ1v) is 8.50. The van der Waals surface area contributed by atoms with E-state index < -0.39 is 5.97 Å². The standard InChI is InChI=1S/C21H23NO4/c1-4-21(2,3)22-18(23)14-26-20(25)17-12-10-16(11-13-17)19(24)15-8-6-5-7-9-15/h5-13H,4,14H2,1-3H3,(H,22,23). The lowest BCUT2D eigenvalue weighted by Gasteiger charge is -2.24. The fourth-order valence-corrected chi connectivity index (χ4v) is 2.23. The zero-order valence-corrected chi connectivity index (χ0v) is 15.2. The summed E-state index contributed by atoms with van der Waals surface area (Å²) in [6.07, 6.45) is 0.767. The van der Waals surface area contributed by atoms with E-state index in [1.165, 1.54) is 12.1 Å². The number of hydrogen-bond donors (Lipinski definition) is 1. The van der Waals surface area contributed by atoms with Gasteiger partial charge in [-0.2, -0.15) is 0 Å². The molecule has 5 heteroatoms. The molecule has 2 aromatic rings. The molecule has 0 atom stereocenters. The van der Waals surface area contributed by atoms with Crippen molar-refractivity contribution in [2.45, 2.75) is 32.7 Å². The Balaban J connectivity index is 1.94. The van der Waals surface area contributed by atoms with Crippen LogP contribution in [0.15, 0.2) is 54.6 Å². The van der Waals surface area contributed by atoms with Crippen molar-refractivity contribution < 1.29 is 19.1 Å². The maximum Gasteiger partial charge on any atom is 0.338 e. The highest BCUT2D eigenvalue weighted by Crippen LogP contribution is 2.12. The van der Waals surface area contributed by atoms with Crippen molar-refractivity contribution in [2.24, 2.45) is 0 Å². The summed E-state index contributed by atoms with van der Waals surface area (Å²) in [5.41, 5.74) is 1.01. The van der Waals surface area contributed by atoms with E-state index in [1.54, 1.807) is 36.4 Å². The topological polar surface area (TPSA) is 72.5 Å². The molecular formula is C21H23NO4. The van der Waals surface area contributed by atoms with E-state index in [2.05, 4.69) is 5.32 Å². The fourth-order valence-electron chi connectivity index (χ4n) is 2.23. The van der Waals surface area contributed by atoms with Gasteiger partial charge in [0.05, 0.1) is 5.56 Å². The lowest BCUT2D eigenvalue weighted by atomic mass is 10.0. The summed E-state index contributed by atoms with van der Waals surface area (Å²) < 4.78 is 5.03. The van der Waals surface area contributed by atoms with Crippen molar-refractivity contribution in [1.29, 1.82) is 0 Å². The maximum atomic E-state index is 12.3. The van der Waals surface area contributed by atoms with E-state index in [0.29, 0.717) is 11.1 Å². The Bertz CT molecular complexity index is 779. The lowest BCUT2D eigenvalue weighted by molar-refractivity contribution is -0.125. The SMILES string of the molecule is CCC(C)(C)NC(=O)COC(=O)c1ccc(C(=O)c2ccccc2)cc1. The summed E-state index contributed by atoms with van der Waals surface area (Å²) in [5, 5.41) is 2.79. The van der Waals surface area contributed by atoms with Gasteiger partial charge < -0.3 is 10.1 Å². The molecule has 0 aliphatic rings. The Morgan fingerprint density at radius 1 is 0.885 bits per heavy atom. The number of nitrogens with one attached hydrogen (secondary N) is 1. The predicted octanol–water partition coefficient (Wildman–Crippen LogP) is 3.38. The molecule has 0 aliphatic carbocycles. The normalized spacial score (nSPS) is 10.9. The Hall–Kier alpha value is -2.95. The van der Waals surface area contributed by atoms with Gasteiger partial charge in [0.1, 0.15) is 0 Å². The average molecular weight is 353 g/mol. The van der Waals surface area contributed by atoms with Gasteiger partial charge in [-0.05, 0) is 32.4 Å². The van der Waals surface area contributed by atoms with E-state index in [4.69, 9.17) is 4.74 Å². The highest BCUT2D eigenvalue weighted by atomic mass is 16.5. The molecule has 0 spiro atoms. The van der Waals surface area contributed by atoms with Gasteiger partial charge in [0, 0.05) is 16.7 Å². The van der Waals surface area contributed by atoms with Gasteiger partial charge in [-0.15, -0.1) is 0 Å². The number of benzene rings is 2. The number of ketones is 1. The summed E-state index contributed by atoms with van der Waals surface area (Å²) in [6.45, 7) is 5.42. The number of esters is 1. The molecule has 0 bridgehead atoms. The van der Waals surface area contributed by atoms with E-state index in [0.717, 1.165) is 6.42 Å². The third-order valence-electron chi connectivity index (χ3n) is 4.11. The van der Waals surface area contributed by atoms with E-state index >= 15 is 0 Å². The van der Waals surface area contributed by atoms with Crippen LogP contribution >= 0.6 is 0 Å². The number of rotatable bonds is 7. The molecule has 26 heavy (non-hydrogen) atoms. The summed E-state index contributed by atoms with van der Waals surface area (Å²) in [4.78, 5) is 36.2. The molecule has 0 aliphatic heterocycles. The number of ether oxygens (including phenoxy) is 1. The number of amides is 1. The molecule has 1 amide bonds. The van der Waals surface area contributed by atoms with Crippen LogP contribution in [0.4, 0.5) is 0 Å². The first kappa shape index (κ1) is 19.4. The van der Waals surface area contributed by atoms with Crippen molar-refractivity contribution in [1.82, 2.24) is 5.32 Å². The molecule has 2 aromatic carbocycles. The molecular weight excluding hydrogens is 330 g/mol. The molecule has 0 radical (unpaired) electrons. The van der Waals surface area contributed by atoms with Crippen LogP contribution in [0.3, 0.4) is 0 Å². The van der Waals surface area contributed by atoms with E-state index in [1.807, 2.05) is 26.8 Å². The first-order valence-electron chi connectivity index (χ1n) is 8.50. The highest BCUT2D eigenvalue weighted by Gasteiger charge is 2.19. The third-order valence-corrected chi connectivity index (χ3v) is 4.11. The summed E-state index contributed by atoms with van der Waals surface area (Å²) in [6, 6.07) is 15.1. The van der Waals surface area contributed by atoms with Crippen molar-refractivity contribution >= 4 is 17.7 Å². The third kappa shape index (κ3) is 5.28. The second-order valence-electron chi connectivity index (χ2n) is 6.63. The zero-order valence-electron chi connectivity index (χ0n) is 15.2. The number of carbonyl (C=O) groups excluding carboxylic acids is 3. The van der Waals surface area contributed by atoms with Crippen molar-refractivity contribution in [2.75, 3.05) is 6.61 Å². The van der Waals surface area contributed by atoms with E-state index in [9.17, 15) is 14.4 Å². The van der Waals surface area contributed by atoms with Gasteiger partial charge in [-0.25, -0.2) is 4.79 Å². The number of hydrogen-bond acceptors (Lipinski definition) is 4. The molecule has 0 unspecified atom stereocenters. The molecule has 1 N–H and O–H groups in total. The van der Waals surface area contributed by atoms with Crippen molar-refractivity contribution in [3.63, 3.8) is 0 Å². The molecule has 5 nitrogen and oxygen atoms in total. The van der Waals surface area contributed by atoms with Crippen LogP contribution in [0.5, 0.6) is 0 Å². The Morgan fingerprint density at radius 3 is 2.00 bits per heavy atom. The smallest absolute Gasteiger partial charge is 0.338 e. The minimum absolute atomic E-state index is 0.119.